The van der Waals surface area contributed by atoms with Crippen LogP contribution in [0, 0.1) is 17.2 Å². The standard InChI is InChI=1S/C17H31N3O/c1-3-19-17(14-18)10-6-7-15(17)9-11-20(2)13-16-8-4-5-12-21-16/h15-16,19H,3-13H2,1-2H3. The monoisotopic (exact) mass is 293 g/mol. The molecule has 0 aromatic rings. The van der Waals surface area contributed by atoms with Crippen molar-refractivity contribution < 1.29 is 4.74 Å². The van der Waals surface area contributed by atoms with Gasteiger partial charge in [-0.2, -0.15) is 5.26 Å². The summed E-state index contributed by atoms with van der Waals surface area (Å²) < 4.78 is 5.81. The summed E-state index contributed by atoms with van der Waals surface area (Å²) in [6.07, 6.45) is 8.64. The third-order valence-corrected chi connectivity index (χ3v) is 5.16. The molecule has 4 nitrogen and oxygen atoms in total. The maximum atomic E-state index is 9.60. The van der Waals surface area contributed by atoms with Crippen molar-refractivity contribution >= 4 is 0 Å². The summed E-state index contributed by atoms with van der Waals surface area (Å²) >= 11 is 0. The van der Waals surface area contributed by atoms with Crippen LogP contribution in [-0.2, 0) is 4.74 Å². The van der Waals surface area contributed by atoms with Gasteiger partial charge >= 0.3 is 0 Å². The van der Waals surface area contributed by atoms with Crippen molar-refractivity contribution in [3.8, 4) is 6.07 Å². The molecule has 1 saturated heterocycles. The molecule has 120 valence electrons. The lowest BCUT2D eigenvalue weighted by Crippen LogP contribution is -2.47. The van der Waals surface area contributed by atoms with E-state index in [0.29, 0.717) is 12.0 Å². The van der Waals surface area contributed by atoms with Crippen molar-refractivity contribution in [2.45, 2.75) is 63.5 Å². The van der Waals surface area contributed by atoms with E-state index < -0.39 is 0 Å². The summed E-state index contributed by atoms with van der Waals surface area (Å²) in [5.74, 6) is 0.497. The minimum absolute atomic E-state index is 0.267. The van der Waals surface area contributed by atoms with Crippen LogP contribution in [-0.4, -0.2) is 49.8 Å². The second-order valence-electron chi connectivity index (χ2n) is 6.74. The molecule has 0 radical (unpaired) electrons. The topological polar surface area (TPSA) is 48.3 Å². The fourth-order valence-corrected chi connectivity index (χ4v) is 3.97. The molecule has 0 aromatic carbocycles. The summed E-state index contributed by atoms with van der Waals surface area (Å²) in [5, 5.41) is 13.1. The summed E-state index contributed by atoms with van der Waals surface area (Å²) in [4.78, 5) is 2.39. The number of hydrogen-bond acceptors (Lipinski definition) is 4. The number of nitrogens with zero attached hydrogens (tertiary/aromatic N) is 2. The SMILES string of the molecule is CCNC1(C#N)CCCC1CCN(C)CC1CCCCO1. The second kappa shape index (κ2) is 8.12. The van der Waals surface area contributed by atoms with Gasteiger partial charge in [0.25, 0.3) is 0 Å². The molecule has 0 amide bonds. The molecule has 1 heterocycles. The zero-order chi connectivity index (χ0) is 15.1. The van der Waals surface area contributed by atoms with E-state index in [4.69, 9.17) is 4.74 Å². The average Bonchev–Trinajstić information content (AvgIpc) is 2.90. The lowest BCUT2D eigenvalue weighted by atomic mass is 9.85. The van der Waals surface area contributed by atoms with E-state index in [-0.39, 0.29) is 5.54 Å². The molecule has 0 aromatic heterocycles. The van der Waals surface area contributed by atoms with Crippen LogP contribution in [0.15, 0.2) is 0 Å². The lowest BCUT2D eigenvalue weighted by Gasteiger charge is -2.32. The van der Waals surface area contributed by atoms with Crippen LogP contribution in [0.4, 0.5) is 0 Å². The van der Waals surface area contributed by atoms with Gasteiger partial charge in [-0.25, -0.2) is 0 Å². The minimum atomic E-state index is -0.267. The highest BCUT2D eigenvalue weighted by Crippen LogP contribution is 2.37. The summed E-state index contributed by atoms with van der Waals surface area (Å²) in [5.41, 5.74) is -0.267. The largest absolute Gasteiger partial charge is 0.377 e. The third kappa shape index (κ3) is 4.42. The Bertz CT molecular complexity index is 348. The Kier molecular flexibility index (Phi) is 6.47. The lowest BCUT2D eigenvalue weighted by molar-refractivity contribution is -0.00232. The van der Waals surface area contributed by atoms with Gasteiger partial charge in [-0.1, -0.05) is 13.3 Å². The maximum Gasteiger partial charge on any atom is 0.109 e. The highest BCUT2D eigenvalue weighted by atomic mass is 16.5. The first kappa shape index (κ1) is 16.7. The first-order valence-corrected chi connectivity index (χ1v) is 8.66. The predicted molar refractivity (Wildman–Crippen MR) is 85.1 cm³/mol. The zero-order valence-electron chi connectivity index (χ0n) is 13.7. The Labute approximate surface area is 129 Å². The number of hydrogen-bond donors (Lipinski definition) is 1. The summed E-state index contributed by atoms with van der Waals surface area (Å²) in [7, 11) is 2.19. The van der Waals surface area contributed by atoms with Crippen molar-refractivity contribution in [3.05, 3.63) is 0 Å². The van der Waals surface area contributed by atoms with Crippen LogP contribution >= 0.6 is 0 Å². The quantitative estimate of drug-likeness (QED) is 0.783. The molecule has 0 bridgehead atoms. The Balaban J connectivity index is 1.77. The van der Waals surface area contributed by atoms with Gasteiger partial charge in [-0.15, -0.1) is 0 Å². The fourth-order valence-electron chi connectivity index (χ4n) is 3.97. The van der Waals surface area contributed by atoms with Crippen molar-refractivity contribution in [1.29, 1.82) is 5.26 Å². The molecule has 1 saturated carbocycles. The van der Waals surface area contributed by atoms with E-state index in [0.717, 1.165) is 39.1 Å². The average molecular weight is 293 g/mol. The number of nitriles is 1. The minimum Gasteiger partial charge on any atom is -0.377 e. The number of nitrogens with one attached hydrogen (secondary N) is 1. The molecule has 3 atom stereocenters. The number of likely N-dealkylation sites (N-methyl/N-ethyl adjacent to an activating group) is 1. The molecular weight excluding hydrogens is 262 g/mol. The first-order valence-electron chi connectivity index (χ1n) is 8.66. The molecular formula is C17H31N3O. The Morgan fingerprint density at radius 3 is 2.86 bits per heavy atom. The highest BCUT2D eigenvalue weighted by Gasteiger charge is 2.42. The van der Waals surface area contributed by atoms with Crippen LogP contribution in [0.1, 0.15) is 51.9 Å². The van der Waals surface area contributed by atoms with Gasteiger partial charge < -0.3 is 9.64 Å². The second-order valence-corrected chi connectivity index (χ2v) is 6.74. The molecule has 4 heteroatoms. The molecule has 1 N–H and O–H groups in total. The smallest absolute Gasteiger partial charge is 0.109 e. The maximum absolute atomic E-state index is 9.60. The van der Waals surface area contributed by atoms with E-state index in [9.17, 15) is 5.26 Å². The fraction of sp³-hybridized carbons (Fsp3) is 0.941. The molecule has 1 aliphatic heterocycles. The van der Waals surface area contributed by atoms with Crippen LogP contribution in [0.3, 0.4) is 0 Å². The van der Waals surface area contributed by atoms with Crippen LogP contribution in [0.5, 0.6) is 0 Å². The zero-order valence-corrected chi connectivity index (χ0v) is 13.7. The normalized spacial score (nSPS) is 33.2. The Morgan fingerprint density at radius 2 is 2.19 bits per heavy atom. The Morgan fingerprint density at radius 1 is 1.33 bits per heavy atom. The van der Waals surface area contributed by atoms with E-state index in [2.05, 4.69) is 30.3 Å². The van der Waals surface area contributed by atoms with Crippen LogP contribution in [0.25, 0.3) is 0 Å². The van der Waals surface area contributed by atoms with Gasteiger partial charge in [-0.05, 0) is 64.6 Å². The Hall–Kier alpha value is -0.630. The molecule has 2 fully saturated rings. The van der Waals surface area contributed by atoms with Crippen molar-refractivity contribution in [2.75, 3.05) is 33.3 Å². The molecule has 2 aliphatic rings. The van der Waals surface area contributed by atoms with E-state index in [1.165, 1.54) is 32.1 Å². The van der Waals surface area contributed by atoms with Gasteiger partial charge in [0.05, 0.1) is 12.2 Å². The molecule has 21 heavy (non-hydrogen) atoms. The van der Waals surface area contributed by atoms with E-state index >= 15 is 0 Å². The molecule has 1 aliphatic carbocycles. The van der Waals surface area contributed by atoms with E-state index in [1.807, 2.05) is 0 Å². The summed E-state index contributed by atoms with van der Waals surface area (Å²) in [6.45, 7) is 6.02. The summed E-state index contributed by atoms with van der Waals surface area (Å²) in [6, 6.07) is 2.58. The first-order chi connectivity index (χ1) is 10.2. The molecule has 0 spiro atoms. The van der Waals surface area contributed by atoms with E-state index in [1.54, 1.807) is 0 Å². The van der Waals surface area contributed by atoms with Gasteiger partial charge in [0, 0.05) is 13.2 Å². The molecule has 3 unspecified atom stereocenters. The van der Waals surface area contributed by atoms with Gasteiger partial charge in [0.1, 0.15) is 5.54 Å². The number of rotatable bonds is 7. The number of ether oxygens (including phenoxy) is 1. The van der Waals surface area contributed by atoms with Gasteiger partial charge in [0.15, 0.2) is 0 Å². The highest BCUT2D eigenvalue weighted by molar-refractivity contribution is 5.14. The van der Waals surface area contributed by atoms with Crippen LogP contribution in [0.2, 0.25) is 0 Å². The predicted octanol–water partition coefficient (Wildman–Crippen LogP) is 2.55. The third-order valence-electron chi connectivity index (χ3n) is 5.16. The van der Waals surface area contributed by atoms with Gasteiger partial charge in [-0.3, -0.25) is 5.32 Å². The van der Waals surface area contributed by atoms with Crippen molar-refractivity contribution in [3.63, 3.8) is 0 Å². The van der Waals surface area contributed by atoms with Crippen molar-refractivity contribution in [1.82, 2.24) is 10.2 Å². The van der Waals surface area contributed by atoms with Crippen LogP contribution < -0.4 is 5.32 Å². The molecule has 2 rings (SSSR count). The van der Waals surface area contributed by atoms with Crippen molar-refractivity contribution in [2.24, 2.45) is 5.92 Å². The van der Waals surface area contributed by atoms with Gasteiger partial charge in [0.2, 0.25) is 0 Å².